The van der Waals surface area contributed by atoms with Crippen molar-refractivity contribution in [3.63, 3.8) is 0 Å². The minimum absolute atomic E-state index is 0.0672. The lowest BCUT2D eigenvalue weighted by Crippen LogP contribution is -2.45. The lowest BCUT2D eigenvalue weighted by Gasteiger charge is -2.29. The maximum Gasteiger partial charge on any atom is 0.410 e. The van der Waals surface area contributed by atoms with E-state index in [0.29, 0.717) is 12.8 Å². The molecule has 0 saturated carbocycles. The number of ether oxygens (including phenoxy) is 2. The lowest BCUT2D eigenvalue weighted by molar-refractivity contribution is -0.163. The Kier molecular flexibility index (Phi) is 7.41. The predicted octanol–water partition coefficient (Wildman–Crippen LogP) is 4.83. The molecule has 7 heteroatoms. The van der Waals surface area contributed by atoms with Crippen molar-refractivity contribution in [2.45, 2.75) is 57.6 Å². The molecule has 0 saturated heterocycles. The lowest BCUT2D eigenvalue weighted by atomic mass is 9.98. The molecule has 0 unspecified atom stereocenters. The van der Waals surface area contributed by atoms with E-state index in [-0.39, 0.29) is 12.5 Å². The number of fused-ring (bicyclic) bond motifs is 3. The second-order valence-corrected chi connectivity index (χ2v) is 8.60. The average Bonchev–Trinajstić information content (AvgIpc) is 3.14. The third-order valence-electron chi connectivity index (χ3n) is 6.59. The first kappa shape index (κ1) is 24.3. The Morgan fingerprint density at radius 1 is 1.00 bits per heavy atom. The SMILES string of the molecule is CCC(C)(CC)OC(=O)C[C@@H](C(=O)O)N(C)C(=O)OCC1c2ccccc2-c2ccccc21. The molecule has 1 aliphatic carbocycles. The summed E-state index contributed by atoms with van der Waals surface area (Å²) in [5, 5.41) is 9.64. The molecule has 7 nitrogen and oxygen atoms in total. The van der Waals surface area contributed by atoms with Crippen LogP contribution in [0, 0.1) is 0 Å². The molecular weight excluding hydrogens is 422 g/mol. The fourth-order valence-electron chi connectivity index (χ4n) is 4.08. The summed E-state index contributed by atoms with van der Waals surface area (Å²) in [6.45, 7) is 5.66. The Morgan fingerprint density at radius 3 is 2.00 bits per heavy atom. The Morgan fingerprint density at radius 2 is 1.52 bits per heavy atom. The maximum atomic E-state index is 12.7. The van der Waals surface area contributed by atoms with E-state index in [1.165, 1.54) is 7.05 Å². The number of hydrogen-bond donors (Lipinski definition) is 1. The first-order valence-electron chi connectivity index (χ1n) is 11.2. The molecule has 0 aromatic heterocycles. The van der Waals surface area contributed by atoms with E-state index in [0.717, 1.165) is 27.2 Å². The van der Waals surface area contributed by atoms with Crippen LogP contribution in [0.1, 0.15) is 57.1 Å². The van der Waals surface area contributed by atoms with Crippen molar-refractivity contribution in [3.8, 4) is 11.1 Å². The van der Waals surface area contributed by atoms with Crippen LogP contribution in [0.5, 0.6) is 0 Å². The summed E-state index contributed by atoms with van der Waals surface area (Å²) in [7, 11) is 1.32. The highest BCUT2D eigenvalue weighted by Crippen LogP contribution is 2.44. The molecule has 1 N–H and O–H groups in total. The topological polar surface area (TPSA) is 93.1 Å². The van der Waals surface area contributed by atoms with Crippen molar-refractivity contribution in [2.24, 2.45) is 0 Å². The van der Waals surface area contributed by atoms with E-state index in [9.17, 15) is 19.5 Å². The monoisotopic (exact) mass is 453 g/mol. The number of hydrogen-bond acceptors (Lipinski definition) is 5. The van der Waals surface area contributed by atoms with Gasteiger partial charge in [-0.1, -0.05) is 62.4 Å². The smallest absolute Gasteiger partial charge is 0.410 e. The molecule has 176 valence electrons. The van der Waals surface area contributed by atoms with E-state index < -0.39 is 36.1 Å². The van der Waals surface area contributed by atoms with Crippen LogP contribution >= 0.6 is 0 Å². The molecule has 0 bridgehead atoms. The maximum absolute atomic E-state index is 12.7. The van der Waals surface area contributed by atoms with Crippen molar-refractivity contribution in [3.05, 3.63) is 59.7 Å². The van der Waals surface area contributed by atoms with Gasteiger partial charge in [-0.05, 0) is 42.0 Å². The number of carboxylic acids is 1. The highest BCUT2D eigenvalue weighted by atomic mass is 16.6. The predicted molar refractivity (Wildman–Crippen MR) is 124 cm³/mol. The van der Waals surface area contributed by atoms with E-state index in [1.54, 1.807) is 6.92 Å². The molecule has 2 aromatic carbocycles. The van der Waals surface area contributed by atoms with Gasteiger partial charge >= 0.3 is 18.0 Å². The van der Waals surface area contributed by atoms with Gasteiger partial charge in [0, 0.05) is 13.0 Å². The number of rotatable bonds is 9. The van der Waals surface area contributed by atoms with Crippen LogP contribution in [0.25, 0.3) is 11.1 Å². The normalized spacial score (nSPS) is 13.6. The summed E-state index contributed by atoms with van der Waals surface area (Å²) in [4.78, 5) is 37.9. The van der Waals surface area contributed by atoms with Gasteiger partial charge in [0.1, 0.15) is 18.2 Å². The minimum atomic E-state index is -1.38. The molecule has 0 radical (unpaired) electrons. The first-order chi connectivity index (χ1) is 15.7. The minimum Gasteiger partial charge on any atom is -0.480 e. The Hall–Kier alpha value is -3.35. The van der Waals surface area contributed by atoms with Crippen molar-refractivity contribution in [2.75, 3.05) is 13.7 Å². The van der Waals surface area contributed by atoms with Crippen molar-refractivity contribution >= 4 is 18.0 Å². The number of benzene rings is 2. The van der Waals surface area contributed by atoms with Crippen molar-refractivity contribution in [1.29, 1.82) is 0 Å². The van der Waals surface area contributed by atoms with Gasteiger partial charge in [-0.25, -0.2) is 9.59 Å². The third-order valence-corrected chi connectivity index (χ3v) is 6.59. The summed E-state index contributed by atoms with van der Waals surface area (Å²) in [6.07, 6.45) is -0.0402. The van der Waals surface area contributed by atoms with Crippen LogP contribution in [0.3, 0.4) is 0 Å². The van der Waals surface area contributed by atoms with Gasteiger partial charge in [0.2, 0.25) is 0 Å². The summed E-state index contributed by atoms with van der Waals surface area (Å²) in [5.41, 5.74) is 3.66. The first-order valence-corrected chi connectivity index (χ1v) is 11.2. The van der Waals surface area contributed by atoms with E-state index in [4.69, 9.17) is 9.47 Å². The zero-order valence-corrected chi connectivity index (χ0v) is 19.5. The van der Waals surface area contributed by atoms with Crippen LogP contribution in [-0.4, -0.2) is 53.3 Å². The van der Waals surface area contributed by atoms with E-state index in [1.807, 2.05) is 62.4 Å². The van der Waals surface area contributed by atoms with Gasteiger partial charge in [0.05, 0.1) is 6.42 Å². The average molecular weight is 454 g/mol. The quantitative estimate of drug-likeness (QED) is 0.547. The molecule has 3 rings (SSSR count). The van der Waals surface area contributed by atoms with Crippen molar-refractivity contribution < 1.29 is 29.0 Å². The van der Waals surface area contributed by atoms with Crippen LogP contribution in [0.4, 0.5) is 4.79 Å². The second-order valence-electron chi connectivity index (χ2n) is 8.60. The second kappa shape index (κ2) is 10.1. The summed E-state index contributed by atoms with van der Waals surface area (Å²) >= 11 is 0. The molecular formula is C26H31NO6. The fraction of sp³-hybridized carbons (Fsp3) is 0.423. The van der Waals surface area contributed by atoms with Crippen LogP contribution in [-0.2, 0) is 19.1 Å². The fourth-order valence-corrected chi connectivity index (χ4v) is 4.08. The third kappa shape index (κ3) is 5.18. The summed E-state index contributed by atoms with van der Waals surface area (Å²) in [6, 6.07) is 14.5. The molecule has 2 aromatic rings. The Labute approximate surface area is 194 Å². The standard InChI is InChI=1S/C26H31NO6/c1-5-26(3,6-2)33-23(28)15-22(24(29)30)27(4)25(31)32-16-21-19-13-9-7-11-17(19)18-12-8-10-14-20(18)21/h7-14,21-22H,5-6,15-16H2,1-4H3,(H,29,30)/t22-/m0/s1. The van der Waals surface area contributed by atoms with E-state index >= 15 is 0 Å². The highest BCUT2D eigenvalue weighted by Gasteiger charge is 2.35. The molecule has 1 aliphatic rings. The molecule has 0 spiro atoms. The number of likely N-dealkylation sites (N-methyl/N-ethyl adjacent to an activating group) is 1. The molecule has 0 fully saturated rings. The van der Waals surface area contributed by atoms with Crippen LogP contribution in [0.2, 0.25) is 0 Å². The van der Waals surface area contributed by atoms with Crippen LogP contribution in [0.15, 0.2) is 48.5 Å². The molecule has 0 heterocycles. The number of aliphatic carboxylic acids is 1. The number of carbonyl (C=O) groups is 3. The number of esters is 1. The highest BCUT2D eigenvalue weighted by molar-refractivity contribution is 5.85. The number of carboxylic acid groups (broad SMARTS) is 1. The van der Waals surface area contributed by atoms with Gasteiger partial charge in [-0.3, -0.25) is 9.69 Å². The van der Waals surface area contributed by atoms with Crippen molar-refractivity contribution in [1.82, 2.24) is 4.90 Å². The zero-order valence-electron chi connectivity index (χ0n) is 19.5. The van der Waals surface area contributed by atoms with Gasteiger partial charge in [-0.15, -0.1) is 0 Å². The summed E-state index contributed by atoms with van der Waals surface area (Å²) in [5.74, 6) is -2.10. The molecule has 33 heavy (non-hydrogen) atoms. The van der Waals surface area contributed by atoms with Gasteiger partial charge in [0.15, 0.2) is 0 Å². The molecule has 1 amide bonds. The van der Waals surface area contributed by atoms with Crippen LogP contribution < -0.4 is 0 Å². The Balaban J connectivity index is 1.68. The van der Waals surface area contributed by atoms with Gasteiger partial charge in [-0.2, -0.15) is 0 Å². The largest absolute Gasteiger partial charge is 0.480 e. The number of carbonyl (C=O) groups excluding carboxylic acids is 2. The molecule has 0 aliphatic heterocycles. The molecule has 1 atom stereocenters. The zero-order chi connectivity index (χ0) is 24.2. The summed E-state index contributed by atoms with van der Waals surface area (Å²) < 4.78 is 11.0. The van der Waals surface area contributed by atoms with E-state index in [2.05, 4.69) is 0 Å². The Bertz CT molecular complexity index is 983. The number of amides is 1. The number of nitrogens with zero attached hydrogens (tertiary/aromatic N) is 1. The van der Waals surface area contributed by atoms with Gasteiger partial charge in [0.25, 0.3) is 0 Å². The van der Waals surface area contributed by atoms with Gasteiger partial charge < -0.3 is 14.6 Å².